The number of imide groups is 1. The summed E-state index contributed by atoms with van der Waals surface area (Å²) >= 11 is 0. The van der Waals surface area contributed by atoms with Gasteiger partial charge < -0.3 is 10.2 Å². The third-order valence-corrected chi connectivity index (χ3v) is 6.40. The van der Waals surface area contributed by atoms with Crippen LogP contribution in [-0.2, 0) is 19.6 Å². The fraction of sp³-hybridized carbons (Fsp3) is 0.438. The number of rotatable bonds is 4. The molecule has 1 unspecified atom stereocenters. The van der Waals surface area contributed by atoms with Gasteiger partial charge in [-0.1, -0.05) is 17.7 Å². The van der Waals surface area contributed by atoms with Crippen molar-refractivity contribution in [2.45, 2.75) is 24.3 Å². The number of aryl methyl sites for hydroxylation is 1. The summed E-state index contributed by atoms with van der Waals surface area (Å²) in [4.78, 5) is 36.6. The number of hydrogen-bond acceptors (Lipinski definition) is 5. The van der Waals surface area contributed by atoms with Gasteiger partial charge in [-0.3, -0.25) is 14.9 Å². The van der Waals surface area contributed by atoms with Gasteiger partial charge in [0.15, 0.2) is 0 Å². The van der Waals surface area contributed by atoms with Crippen LogP contribution >= 0.6 is 0 Å². The van der Waals surface area contributed by atoms with Crippen LogP contribution in [0.3, 0.4) is 0 Å². The van der Waals surface area contributed by atoms with Crippen molar-refractivity contribution in [2.75, 3.05) is 26.2 Å². The zero-order chi connectivity index (χ0) is 18.9. The first-order chi connectivity index (χ1) is 12.3. The van der Waals surface area contributed by atoms with Crippen molar-refractivity contribution in [1.82, 2.24) is 19.8 Å². The fourth-order valence-corrected chi connectivity index (χ4v) is 4.37. The summed E-state index contributed by atoms with van der Waals surface area (Å²) in [5.74, 6) is -0.816. The number of carbonyl (C=O) groups excluding carboxylic acids is 3. The molecule has 2 saturated heterocycles. The maximum absolute atomic E-state index is 12.7. The first kappa shape index (κ1) is 18.3. The Morgan fingerprint density at radius 1 is 1.12 bits per heavy atom. The van der Waals surface area contributed by atoms with Crippen LogP contribution in [0.4, 0.5) is 4.79 Å². The number of nitrogens with one attached hydrogen (secondary N) is 2. The van der Waals surface area contributed by atoms with Gasteiger partial charge in [-0.2, -0.15) is 4.31 Å². The maximum Gasteiger partial charge on any atom is 0.322 e. The maximum atomic E-state index is 12.7. The minimum absolute atomic E-state index is 0.137. The molecule has 0 radical (unpaired) electrons. The Bertz CT molecular complexity index is 829. The Morgan fingerprint density at radius 3 is 2.27 bits per heavy atom. The van der Waals surface area contributed by atoms with Gasteiger partial charge in [-0.25, -0.2) is 13.2 Å². The van der Waals surface area contributed by atoms with Crippen molar-refractivity contribution in [2.24, 2.45) is 0 Å². The van der Waals surface area contributed by atoms with Gasteiger partial charge in [0.1, 0.15) is 6.04 Å². The van der Waals surface area contributed by atoms with E-state index in [1.165, 1.54) is 9.21 Å². The molecule has 3 rings (SSSR count). The highest BCUT2D eigenvalue weighted by Gasteiger charge is 2.35. The van der Waals surface area contributed by atoms with E-state index in [4.69, 9.17) is 0 Å². The largest absolute Gasteiger partial charge is 0.340 e. The van der Waals surface area contributed by atoms with E-state index in [1.807, 2.05) is 6.92 Å². The average molecular weight is 380 g/mol. The number of urea groups is 1. The molecule has 2 heterocycles. The number of sulfonamides is 1. The molecular formula is C16H20N4O5S. The Hall–Kier alpha value is -2.46. The van der Waals surface area contributed by atoms with Gasteiger partial charge in [0.05, 0.1) is 11.3 Å². The number of amides is 4. The molecule has 1 aromatic carbocycles. The number of piperazine rings is 1. The quantitative estimate of drug-likeness (QED) is 0.679. The summed E-state index contributed by atoms with van der Waals surface area (Å²) < 4.78 is 26.7. The monoisotopic (exact) mass is 380 g/mol. The van der Waals surface area contributed by atoms with Crippen LogP contribution in [0.1, 0.15) is 12.0 Å². The van der Waals surface area contributed by atoms with Gasteiger partial charge in [-0.15, -0.1) is 0 Å². The average Bonchev–Trinajstić information content (AvgIpc) is 2.92. The van der Waals surface area contributed by atoms with Crippen LogP contribution in [-0.4, -0.2) is 67.7 Å². The number of benzene rings is 1. The number of carbonyl (C=O) groups is 3. The molecule has 9 nitrogen and oxygen atoms in total. The van der Waals surface area contributed by atoms with Gasteiger partial charge in [0, 0.05) is 26.2 Å². The van der Waals surface area contributed by atoms with E-state index in [-0.39, 0.29) is 43.4 Å². The molecule has 0 aliphatic carbocycles. The second-order valence-corrected chi connectivity index (χ2v) is 8.26. The standard InChI is InChI=1S/C16H20N4O5S/c1-11-2-4-12(5-3-11)26(24,25)20-8-6-19(7-9-20)14(21)10-13-15(22)18-16(23)17-13/h2-5,13H,6-10H2,1H3,(H2,17,18,22,23). The van der Waals surface area contributed by atoms with Gasteiger partial charge in [0.25, 0.3) is 5.91 Å². The summed E-state index contributed by atoms with van der Waals surface area (Å²) in [5.41, 5.74) is 0.974. The van der Waals surface area contributed by atoms with Crippen molar-refractivity contribution in [1.29, 1.82) is 0 Å². The molecule has 10 heteroatoms. The van der Waals surface area contributed by atoms with Crippen LogP contribution in [0.25, 0.3) is 0 Å². The first-order valence-corrected chi connectivity index (χ1v) is 9.67. The predicted molar refractivity (Wildman–Crippen MR) is 91.6 cm³/mol. The Balaban J connectivity index is 1.58. The summed E-state index contributed by atoms with van der Waals surface area (Å²) in [6.07, 6.45) is -0.137. The topological polar surface area (TPSA) is 116 Å². The fourth-order valence-electron chi connectivity index (χ4n) is 2.94. The SMILES string of the molecule is Cc1ccc(S(=O)(=O)N2CCN(C(=O)CC3NC(=O)NC3=O)CC2)cc1. The lowest BCUT2D eigenvalue weighted by molar-refractivity contribution is -0.134. The molecule has 140 valence electrons. The molecule has 2 N–H and O–H groups in total. The lowest BCUT2D eigenvalue weighted by Gasteiger charge is -2.34. The van der Waals surface area contributed by atoms with Crippen LogP contribution < -0.4 is 10.6 Å². The molecule has 1 aromatic rings. The molecule has 4 amide bonds. The summed E-state index contributed by atoms with van der Waals surface area (Å²) in [5, 5.41) is 4.46. The van der Waals surface area contributed by atoms with E-state index in [1.54, 1.807) is 24.3 Å². The minimum Gasteiger partial charge on any atom is -0.340 e. The van der Waals surface area contributed by atoms with Crippen LogP contribution in [0.2, 0.25) is 0 Å². The summed E-state index contributed by atoms with van der Waals surface area (Å²) in [6.45, 7) is 2.74. The zero-order valence-corrected chi connectivity index (χ0v) is 15.1. The summed E-state index contributed by atoms with van der Waals surface area (Å²) in [7, 11) is -3.59. The zero-order valence-electron chi connectivity index (χ0n) is 14.3. The highest BCUT2D eigenvalue weighted by atomic mass is 32.2. The van der Waals surface area contributed by atoms with Crippen molar-refractivity contribution >= 4 is 27.9 Å². The second-order valence-electron chi connectivity index (χ2n) is 6.32. The molecule has 1 atom stereocenters. The van der Waals surface area contributed by atoms with E-state index >= 15 is 0 Å². The molecule has 26 heavy (non-hydrogen) atoms. The van der Waals surface area contributed by atoms with E-state index in [0.717, 1.165) is 5.56 Å². The van der Waals surface area contributed by atoms with Gasteiger partial charge in [0.2, 0.25) is 15.9 Å². The Labute approximate surface area is 151 Å². The lowest BCUT2D eigenvalue weighted by Crippen LogP contribution is -2.51. The highest BCUT2D eigenvalue weighted by Crippen LogP contribution is 2.18. The molecule has 0 bridgehead atoms. The van der Waals surface area contributed by atoms with E-state index < -0.39 is 28.0 Å². The van der Waals surface area contributed by atoms with E-state index in [0.29, 0.717) is 0 Å². The minimum atomic E-state index is -3.59. The predicted octanol–water partition coefficient (Wildman–Crippen LogP) is -0.574. The molecule has 0 saturated carbocycles. The Morgan fingerprint density at radius 2 is 1.73 bits per heavy atom. The van der Waals surface area contributed by atoms with Crippen molar-refractivity contribution in [3.05, 3.63) is 29.8 Å². The third kappa shape index (κ3) is 3.70. The van der Waals surface area contributed by atoms with Crippen LogP contribution in [0.5, 0.6) is 0 Å². The van der Waals surface area contributed by atoms with Crippen molar-refractivity contribution < 1.29 is 22.8 Å². The molecular weight excluding hydrogens is 360 g/mol. The van der Waals surface area contributed by atoms with Gasteiger partial charge >= 0.3 is 6.03 Å². The van der Waals surface area contributed by atoms with Crippen molar-refractivity contribution in [3.8, 4) is 0 Å². The van der Waals surface area contributed by atoms with Gasteiger partial charge in [-0.05, 0) is 19.1 Å². The van der Waals surface area contributed by atoms with Crippen molar-refractivity contribution in [3.63, 3.8) is 0 Å². The van der Waals surface area contributed by atoms with E-state index in [2.05, 4.69) is 10.6 Å². The van der Waals surface area contributed by atoms with E-state index in [9.17, 15) is 22.8 Å². The molecule has 2 aliphatic heterocycles. The number of hydrogen-bond donors (Lipinski definition) is 2. The molecule has 0 aromatic heterocycles. The second kappa shape index (κ2) is 7.04. The molecule has 0 spiro atoms. The number of nitrogens with zero attached hydrogens (tertiary/aromatic N) is 2. The molecule has 2 aliphatic rings. The highest BCUT2D eigenvalue weighted by molar-refractivity contribution is 7.89. The lowest BCUT2D eigenvalue weighted by atomic mass is 10.2. The third-order valence-electron chi connectivity index (χ3n) is 4.49. The smallest absolute Gasteiger partial charge is 0.322 e. The van der Waals surface area contributed by atoms with Crippen LogP contribution in [0.15, 0.2) is 29.2 Å². The van der Waals surface area contributed by atoms with Crippen LogP contribution in [0, 0.1) is 6.92 Å². The molecule has 2 fully saturated rings. The Kier molecular flexibility index (Phi) is 4.97. The first-order valence-electron chi connectivity index (χ1n) is 8.23. The normalized spacial score (nSPS) is 21.4. The summed E-state index contributed by atoms with van der Waals surface area (Å²) in [6, 6.07) is 5.15.